The van der Waals surface area contributed by atoms with E-state index in [9.17, 15) is 9.90 Å². The predicted octanol–water partition coefficient (Wildman–Crippen LogP) is 3.39. The first kappa shape index (κ1) is 13.3. The molecule has 1 heterocycles. The van der Waals surface area contributed by atoms with Gasteiger partial charge < -0.3 is 10.4 Å². The van der Waals surface area contributed by atoms with Crippen molar-refractivity contribution in [3.8, 4) is 0 Å². The van der Waals surface area contributed by atoms with E-state index in [2.05, 4.69) is 31.1 Å². The molecule has 0 spiro atoms. The molecular weight excluding hydrogens is 240 g/mol. The number of aromatic nitrogens is 1. The molecule has 0 amide bonds. The summed E-state index contributed by atoms with van der Waals surface area (Å²) in [6.07, 6.45) is 0. The van der Waals surface area contributed by atoms with Crippen LogP contribution in [0, 0.1) is 5.41 Å². The van der Waals surface area contributed by atoms with Crippen molar-refractivity contribution in [1.29, 1.82) is 0 Å². The summed E-state index contributed by atoms with van der Waals surface area (Å²) in [5.41, 5.74) is 1.06. The second-order valence-electron chi connectivity index (χ2n) is 5.80. The largest absolute Gasteiger partial charge is 0.478 e. The van der Waals surface area contributed by atoms with Gasteiger partial charge in [0.05, 0.1) is 5.52 Å². The van der Waals surface area contributed by atoms with E-state index in [0.717, 1.165) is 10.9 Å². The first-order valence-corrected chi connectivity index (χ1v) is 6.24. The summed E-state index contributed by atoms with van der Waals surface area (Å²) < 4.78 is 0. The Balaban J connectivity index is 2.45. The van der Waals surface area contributed by atoms with Gasteiger partial charge in [-0.3, -0.25) is 0 Å². The van der Waals surface area contributed by atoms with Crippen molar-refractivity contribution in [3.63, 3.8) is 0 Å². The Labute approximate surface area is 112 Å². The Morgan fingerprint density at radius 2 is 2.00 bits per heavy atom. The Morgan fingerprint density at radius 3 is 2.63 bits per heavy atom. The molecule has 0 fully saturated rings. The normalized spacial score (nSPS) is 11.5. The Bertz CT molecular complexity index is 615. The summed E-state index contributed by atoms with van der Waals surface area (Å²) in [4.78, 5) is 15.7. The van der Waals surface area contributed by atoms with E-state index < -0.39 is 5.97 Å². The zero-order chi connectivity index (χ0) is 14.0. The quantitative estimate of drug-likeness (QED) is 0.885. The molecule has 0 aliphatic heterocycles. The minimum Gasteiger partial charge on any atom is -0.478 e. The molecule has 1 aromatic carbocycles. The summed E-state index contributed by atoms with van der Waals surface area (Å²) in [5, 5.41) is 13.2. The van der Waals surface area contributed by atoms with Crippen molar-refractivity contribution in [1.82, 2.24) is 4.98 Å². The smallest absolute Gasteiger partial charge is 0.339 e. The van der Waals surface area contributed by atoms with Crippen LogP contribution in [0.5, 0.6) is 0 Å². The highest BCUT2D eigenvalue weighted by molar-refractivity contribution is 5.98. The van der Waals surface area contributed by atoms with Crippen LogP contribution in [-0.2, 0) is 0 Å². The minimum absolute atomic E-state index is 0.0586. The molecule has 4 heteroatoms. The van der Waals surface area contributed by atoms with E-state index in [1.807, 2.05) is 24.3 Å². The number of rotatable bonds is 3. The molecule has 0 aliphatic carbocycles. The van der Waals surface area contributed by atoms with E-state index in [4.69, 9.17) is 0 Å². The summed E-state index contributed by atoms with van der Waals surface area (Å²) >= 11 is 0. The number of pyridine rings is 1. The summed E-state index contributed by atoms with van der Waals surface area (Å²) in [7, 11) is 0. The summed E-state index contributed by atoms with van der Waals surface area (Å²) in [6.45, 7) is 6.92. The lowest BCUT2D eigenvalue weighted by molar-refractivity contribution is 0.0697. The molecule has 0 saturated carbocycles. The third-order valence-corrected chi connectivity index (χ3v) is 2.74. The number of nitrogens with one attached hydrogen (secondary N) is 1. The topological polar surface area (TPSA) is 62.2 Å². The lowest BCUT2D eigenvalue weighted by Gasteiger charge is -2.20. The number of carboxylic acid groups (broad SMARTS) is 1. The van der Waals surface area contributed by atoms with Gasteiger partial charge in [-0.15, -0.1) is 0 Å². The van der Waals surface area contributed by atoms with Gasteiger partial charge in [0.15, 0.2) is 0 Å². The minimum atomic E-state index is -0.963. The fourth-order valence-corrected chi connectivity index (χ4v) is 1.76. The SMILES string of the molecule is CC(C)(C)CNc1nc2ccccc2cc1C(=O)O. The number of carbonyl (C=O) groups is 1. The number of fused-ring (bicyclic) bond motifs is 1. The number of para-hydroxylation sites is 1. The molecule has 4 nitrogen and oxygen atoms in total. The molecule has 2 rings (SSSR count). The molecular formula is C15H18N2O2. The fraction of sp³-hybridized carbons (Fsp3) is 0.333. The van der Waals surface area contributed by atoms with E-state index >= 15 is 0 Å². The maximum Gasteiger partial charge on any atom is 0.339 e. The zero-order valence-corrected chi connectivity index (χ0v) is 11.4. The third kappa shape index (κ3) is 3.22. The fourth-order valence-electron chi connectivity index (χ4n) is 1.76. The van der Waals surface area contributed by atoms with Crippen LogP contribution in [0.3, 0.4) is 0 Å². The maximum atomic E-state index is 11.3. The summed E-state index contributed by atoms with van der Waals surface area (Å²) in [6, 6.07) is 9.17. The van der Waals surface area contributed by atoms with Gasteiger partial charge in [0.25, 0.3) is 0 Å². The highest BCUT2D eigenvalue weighted by Crippen LogP contribution is 2.22. The van der Waals surface area contributed by atoms with Crippen molar-refractivity contribution in [2.24, 2.45) is 5.41 Å². The second-order valence-corrected chi connectivity index (χ2v) is 5.80. The van der Waals surface area contributed by atoms with Crippen LogP contribution in [0.25, 0.3) is 10.9 Å². The molecule has 0 unspecified atom stereocenters. The standard InChI is InChI=1S/C15H18N2O2/c1-15(2,3)9-16-13-11(14(18)19)8-10-6-4-5-7-12(10)17-13/h4-8H,9H2,1-3H3,(H,16,17)(H,18,19). The average molecular weight is 258 g/mol. The molecule has 2 N–H and O–H groups in total. The second kappa shape index (κ2) is 4.88. The van der Waals surface area contributed by atoms with Gasteiger partial charge in [0.1, 0.15) is 11.4 Å². The van der Waals surface area contributed by atoms with Crippen LogP contribution in [0.4, 0.5) is 5.82 Å². The lowest BCUT2D eigenvalue weighted by Crippen LogP contribution is -2.21. The van der Waals surface area contributed by atoms with Crippen LogP contribution in [0.15, 0.2) is 30.3 Å². The van der Waals surface area contributed by atoms with Gasteiger partial charge >= 0.3 is 5.97 Å². The van der Waals surface area contributed by atoms with Gasteiger partial charge in [-0.2, -0.15) is 0 Å². The van der Waals surface area contributed by atoms with Gasteiger partial charge in [0.2, 0.25) is 0 Å². The van der Waals surface area contributed by atoms with Crippen molar-refractivity contribution < 1.29 is 9.90 Å². The molecule has 0 aliphatic rings. The maximum absolute atomic E-state index is 11.3. The van der Waals surface area contributed by atoms with Gasteiger partial charge in [-0.05, 0) is 17.5 Å². The van der Waals surface area contributed by atoms with Crippen molar-refractivity contribution in [2.75, 3.05) is 11.9 Å². The van der Waals surface area contributed by atoms with Crippen LogP contribution in [-0.4, -0.2) is 22.6 Å². The number of hydrogen-bond acceptors (Lipinski definition) is 3. The summed E-state index contributed by atoms with van der Waals surface area (Å²) in [5.74, 6) is -0.532. The molecule has 19 heavy (non-hydrogen) atoms. The number of benzene rings is 1. The molecule has 0 atom stereocenters. The number of nitrogens with zero attached hydrogens (tertiary/aromatic N) is 1. The van der Waals surface area contributed by atoms with Crippen LogP contribution in [0.1, 0.15) is 31.1 Å². The van der Waals surface area contributed by atoms with Gasteiger partial charge in [0, 0.05) is 11.9 Å². The first-order valence-electron chi connectivity index (χ1n) is 6.24. The molecule has 0 saturated heterocycles. The number of aromatic carboxylic acids is 1. The molecule has 100 valence electrons. The van der Waals surface area contributed by atoms with Crippen LogP contribution < -0.4 is 5.32 Å². The Hall–Kier alpha value is -2.10. The Kier molecular flexibility index (Phi) is 3.42. The van der Waals surface area contributed by atoms with Crippen molar-refractivity contribution in [2.45, 2.75) is 20.8 Å². The van der Waals surface area contributed by atoms with Crippen molar-refractivity contribution in [3.05, 3.63) is 35.9 Å². The first-order chi connectivity index (χ1) is 8.87. The number of hydrogen-bond donors (Lipinski definition) is 2. The highest BCUT2D eigenvalue weighted by atomic mass is 16.4. The highest BCUT2D eigenvalue weighted by Gasteiger charge is 2.16. The number of anilines is 1. The third-order valence-electron chi connectivity index (χ3n) is 2.74. The molecule has 1 aromatic heterocycles. The van der Waals surface area contributed by atoms with E-state index in [1.165, 1.54) is 0 Å². The van der Waals surface area contributed by atoms with E-state index in [1.54, 1.807) is 6.07 Å². The number of carboxylic acids is 1. The lowest BCUT2D eigenvalue weighted by atomic mass is 9.97. The predicted molar refractivity (Wildman–Crippen MR) is 76.6 cm³/mol. The van der Waals surface area contributed by atoms with Crippen molar-refractivity contribution >= 4 is 22.7 Å². The molecule has 0 radical (unpaired) electrons. The van der Waals surface area contributed by atoms with Crippen LogP contribution >= 0.6 is 0 Å². The Morgan fingerprint density at radius 1 is 1.32 bits per heavy atom. The van der Waals surface area contributed by atoms with E-state index in [-0.39, 0.29) is 11.0 Å². The van der Waals surface area contributed by atoms with Gasteiger partial charge in [-0.1, -0.05) is 39.0 Å². The monoisotopic (exact) mass is 258 g/mol. The average Bonchev–Trinajstić information content (AvgIpc) is 2.34. The zero-order valence-electron chi connectivity index (χ0n) is 11.4. The molecule has 0 bridgehead atoms. The van der Waals surface area contributed by atoms with Gasteiger partial charge in [-0.25, -0.2) is 9.78 Å². The molecule has 2 aromatic rings. The van der Waals surface area contributed by atoms with Crippen LogP contribution in [0.2, 0.25) is 0 Å². The van der Waals surface area contributed by atoms with E-state index in [0.29, 0.717) is 12.4 Å².